The highest BCUT2D eigenvalue weighted by Crippen LogP contribution is 2.41. The number of rotatable bonds is 1. The average molecular weight is 224 g/mol. The monoisotopic (exact) mass is 224 g/mol. The van der Waals surface area contributed by atoms with Gasteiger partial charge in [-0.1, -0.05) is 6.08 Å². The zero-order chi connectivity index (χ0) is 11.3. The Bertz CT molecular complexity index is 347. The van der Waals surface area contributed by atoms with Crippen LogP contribution in [-0.2, 0) is 18.9 Å². The molecule has 2 saturated heterocycles. The maximum atomic E-state index is 5.83. The van der Waals surface area contributed by atoms with Crippen molar-refractivity contribution in [3.8, 4) is 0 Å². The Morgan fingerprint density at radius 1 is 1.44 bits per heavy atom. The predicted molar refractivity (Wildman–Crippen MR) is 56.7 cm³/mol. The molecular formula is C12H16O4. The van der Waals surface area contributed by atoms with Crippen molar-refractivity contribution in [1.82, 2.24) is 0 Å². The maximum Gasteiger partial charge on any atom is 0.191 e. The molecule has 0 amide bonds. The second kappa shape index (κ2) is 3.40. The summed E-state index contributed by atoms with van der Waals surface area (Å²) in [5, 5.41) is 0. The molecule has 0 saturated carbocycles. The Hall–Kier alpha value is -0.680. The van der Waals surface area contributed by atoms with E-state index in [9.17, 15) is 0 Å². The molecule has 0 aromatic rings. The smallest absolute Gasteiger partial charge is 0.191 e. The Balaban J connectivity index is 1.87. The van der Waals surface area contributed by atoms with E-state index in [-0.39, 0.29) is 24.6 Å². The largest absolute Gasteiger partial charge is 0.367 e. The van der Waals surface area contributed by atoms with Gasteiger partial charge in [-0.25, -0.2) is 0 Å². The number of ether oxygens (including phenoxy) is 4. The van der Waals surface area contributed by atoms with Crippen LogP contribution in [-0.4, -0.2) is 37.0 Å². The fraction of sp³-hybridized carbons (Fsp3) is 0.667. The average Bonchev–Trinajstić information content (AvgIpc) is 2.69. The van der Waals surface area contributed by atoms with Gasteiger partial charge in [0.2, 0.25) is 0 Å². The van der Waals surface area contributed by atoms with Crippen LogP contribution in [0.15, 0.2) is 24.3 Å². The van der Waals surface area contributed by atoms with Gasteiger partial charge in [0, 0.05) is 0 Å². The quantitative estimate of drug-likeness (QED) is 0.630. The van der Waals surface area contributed by atoms with E-state index in [1.807, 2.05) is 19.9 Å². The Kier molecular flexibility index (Phi) is 2.23. The van der Waals surface area contributed by atoms with Crippen LogP contribution >= 0.6 is 0 Å². The molecule has 3 aliphatic rings. The lowest BCUT2D eigenvalue weighted by Crippen LogP contribution is -2.31. The van der Waals surface area contributed by atoms with Crippen molar-refractivity contribution in [1.29, 1.82) is 0 Å². The van der Waals surface area contributed by atoms with E-state index in [2.05, 4.69) is 6.58 Å². The van der Waals surface area contributed by atoms with Crippen LogP contribution in [0.2, 0.25) is 0 Å². The minimum absolute atomic E-state index is 0.0256. The van der Waals surface area contributed by atoms with Crippen molar-refractivity contribution in [2.24, 2.45) is 0 Å². The maximum absolute atomic E-state index is 5.83. The first kappa shape index (κ1) is 10.5. The highest BCUT2D eigenvalue weighted by atomic mass is 16.8. The molecule has 0 unspecified atom stereocenters. The van der Waals surface area contributed by atoms with Crippen molar-refractivity contribution in [2.45, 2.75) is 44.2 Å². The zero-order valence-corrected chi connectivity index (χ0v) is 9.51. The van der Waals surface area contributed by atoms with Crippen LogP contribution in [0.5, 0.6) is 0 Å². The molecule has 3 aliphatic heterocycles. The predicted octanol–water partition coefficient (Wildman–Crippen LogP) is 1.37. The van der Waals surface area contributed by atoms with Crippen LogP contribution < -0.4 is 0 Å². The molecule has 3 heterocycles. The van der Waals surface area contributed by atoms with Crippen molar-refractivity contribution in [2.75, 3.05) is 6.61 Å². The first-order valence-electron chi connectivity index (χ1n) is 5.56. The second-order valence-corrected chi connectivity index (χ2v) is 4.75. The third-order valence-electron chi connectivity index (χ3n) is 3.09. The first-order valence-corrected chi connectivity index (χ1v) is 5.56. The van der Waals surface area contributed by atoms with E-state index in [0.29, 0.717) is 6.61 Å². The summed E-state index contributed by atoms with van der Waals surface area (Å²) in [6, 6.07) is 0. The van der Waals surface area contributed by atoms with Crippen LogP contribution in [0.1, 0.15) is 13.8 Å². The zero-order valence-electron chi connectivity index (χ0n) is 9.51. The van der Waals surface area contributed by atoms with E-state index >= 15 is 0 Å². The van der Waals surface area contributed by atoms with E-state index < -0.39 is 5.79 Å². The fourth-order valence-electron chi connectivity index (χ4n) is 2.39. The lowest BCUT2D eigenvalue weighted by molar-refractivity contribution is -0.205. The van der Waals surface area contributed by atoms with Gasteiger partial charge in [-0.2, -0.15) is 0 Å². The van der Waals surface area contributed by atoms with Gasteiger partial charge in [0.15, 0.2) is 12.1 Å². The summed E-state index contributed by atoms with van der Waals surface area (Å²) in [6.07, 6.45) is 3.35. The van der Waals surface area contributed by atoms with Crippen molar-refractivity contribution < 1.29 is 18.9 Å². The molecular weight excluding hydrogens is 208 g/mol. The summed E-state index contributed by atoms with van der Waals surface area (Å²) in [4.78, 5) is 0. The minimum Gasteiger partial charge on any atom is -0.367 e. The summed E-state index contributed by atoms with van der Waals surface area (Å²) < 4.78 is 22.8. The van der Waals surface area contributed by atoms with Gasteiger partial charge in [-0.15, -0.1) is 6.58 Å². The molecule has 4 heteroatoms. The standard InChI is InChI=1S/C12H16O4/c1-4-7-5-8-9(6-13-7)14-11-10(8)15-12(2,3)16-11/h4-5,7,9-11H,1,6H2,2-3H3/t7-,9+,10+,11+/m0/s1. The molecule has 4 nitrogen and oxygen atoms in total. The molecule has 0 aromatic heterocycles. The second-order valence-electron chi connectivity index (χ2n) is 4.75. The Labute approximate surface area is 94.8 Å². The van der Waals surface area contributed by atoms with Gasteiger partial charge >= 0.3 is 0 Å². The van der Waals surface area contributed by atoms with E-state index in [0.717, 1.165) is 5.57 Å². The summed E-state index contributed by atoms with van der Waals surface area (Å²) in [5.74, 6) is -0.566. The Morgan fingerprint density at radius 2 is 2.25 bits per heavy atom. The van der Waals surface area contributed by atoms with E-state index in [4.69, 9.17) is 18.9 Å². The highest BCUT2D eigenvalue weighted by Gasteiger charge is 2.52. The number of fused-ring (bicyclic) bond motifs is 3. The summed E-state index contributed by atoms with van der Waals surface area (Å²) in [5.41, 5.74) is 1.13. The van der Waals surface area contributed by atoms with Gasteiger partial charge in [-0.05, 0) is 25.5 Å². The third-order valence-corrected chi connectivity index (χ3v) is 3.09. The van der Waals surface area contributed by atoms with Gasteiger partial charge in [0.05, 0.1) is 12.7 Å². The van der Waals surface area contributed by atoms with Crippen molar-refractivity contribution in [3.05, 3.63) is 24.3 Å². The molecule has 2 fully saturated rings. The molecule has 0 spiro atoms. The van der Waals surface area contributed by atoms with Gasteiger partial charge < -0.3 is 18.9 Å². The molecule has 88 valence electrons. The molecule has 0 aromatic carbocycles. The lowest BCUT2D eigenvalue weighted by atomic mass is 10.0. The van der Waals surface area contributed by atoms with Gasteiger partial charge in [0.25, 0.3) is 0 Å². The van der Waals surface area contributed by atoms with Crippen LogP contribution in [0, 0.1) is 0 Å². The van der Waals surface area contributed by atoms with Crippen LogP contribution in [0.4, 0.5) is 0 Å². The van der Waals surface area contributed by atoms with E-state index in [1.165, 1.54) is 0 Å². The molecule has 0 radical (unpaired) electrons. The topological polar surface area (TPSA) is 36.9 Å². The van der Waals surface area contributed by atoms with Crippen LogP contribution in [0.25, 0.3) is 0 Å². The van der Waals surface area contributed by atoms with Gasteiger partial charge in [0.1, 0.15) is 12.2 Å². The summed E-state index contributed by atoms with van der Waals surface area (Å²) in [6.45, 7) is 8.07. The van der Waals surface area contributed by atoms with Crippen LogP contribution in [0.3, 0.4) is 0 Å². The molecule has 0 N–H and O–H groups in total. The number of hydrogen-bond donors (Lipinski definition) is 0. The SMILES string of the molecule is C=C[C@H]1C=C2[C@H]3OC(C)(C)O[C@H]3O[C@@H]2CO1. The van der Waals surface area contributed by atoms with Crippen molar-refractivity contribution >= 4 is 0 Å². The molecule has 4 atom stereocenters. The minimum atomic E-state index is -0.566. The molecule has 16 heavy (non-hydrogen) atoms. The summed E-state index contributed by atoms with van der Waals surface area (Å²) >= 11 is 0. The number of hydrogen-bond acceptors (Lipinski definition) is 4. The molecule has 0 aliphatic carbocycles. The third kappa shape index (κ3) is 1.53. The molecule has 0 bridgehead atoms. The first-order chi connectivity index (χ1) is 7.59. The van der Waals surface area contributed by atoms with E-state index in [1.54, 1.807) is 6.08 Å². The van der Waals surface area contributed by atoms with Crippen molar-refractivity contribution in [3.63, 3.8) is 0 Å². The van der Waals surface area contributed by atoms with Gasteiger partial charge in [-0.3, -0.25) is 0 Å². The highest BCUT2D eigenvalue weighted by molar-refractivity contribution is 5.26. The Morgan fingerprint density at radius 3 is 3.00 bits per heavy atom. The molecule has 3 rings (SSSR count). The fourth-order valence-corrected chi connectivity index (χ4v) is 2.39. The normalized spacial score (nSPS) is 44.8. The lowest BCUT2D eigenvalue weighted by Gasteiger charge is -2.26. The summed E-state index contributed by atoms with van der Waals surface area (Å²) in [7, 11) is 0.